The van der Waals surface area contributed by atoms with Crippen molar-refractivity contribution in [1.82, 2.24) is 9.55 Å². The second kappa shape index (κ2) is 10.3. The van der Waals surface area contributed by atoms with Gasteiger partial charge in [0.15, 0.2) is 5.16 Å². The molecule has 2 heterocycles. The molecular formula is C28H22ClN3O2S2. The summed E-state index contributed by atoms with van der Waals surface area (Å²) in [5, 5.41) is 4.52. The summed E-state index contributed by atoms with van der Waals surface area (Å²) in [5.41, 5.74) is 4.01. The lowest BCUT2D eigenvalue weighted by Gasteiger charge is -2.13. The minimum absolute atomic E-state index is 0.0895. The number of nitrogens with zero attached hydrogens (tertiary/aromatic N) is 2. The Labute approximate surface area is 221 Å². The first-order valence-corrected chi connectivity index (χ1v) is 13.5. The molecule has 0 aliphatic carbocycles. The molecule has 0 aliphatic heterocycles. The van der Waals surface area contributed by atoms with Gasteiger partial charge in [-0.25, -0.2) is 4.98 Å². The predicted octanol–water partition coefficient (Wildman–Crippen LogP) is 7.12. The van der Waals surface area contributed by atoms with Gasteiger partial charge in [-0.15, -0.1) is 11.3 Å². The second-order valence-corrected chi connectivity index (χ2v) is 10.8. The first-order valence-electron chi connectivity index (χ1n) is 11.3. The van der Waals surface area contributed by atoms with Gasteiger partial charge in [-0.05, 0) is 49.2 Å². The lowest BCUT2D eigenvalue weighted by Crippen LogP contribution is -2.22. The topological polar surface area (TPSA) is 64.0 Å². The average Bonchev–Trinajstić information content (AvgIpc) is 3.22. The Morgan fingerprint density at radius 2 is 1.72 bits per heavy atom. The molecule has 36 heavy (non-hydrogen) atoms. The van der Waals surface area contributed by atoms with Gasteiger partial charge in [0.05, 0.1) is 16.8 Å². The molecule has 0 unspecified atom stereocenters. The number of aryl methyl sites for hydroxylation is 2. The maximum absolute atomic E-state index is 14.0. The molecule has 180 valence electrons. The lowest BCUT2D eigenvalue weighted by atomic mass is 10.0. The van der Waals surface area contributed by atoms with E-state index >= 15 is 0 Å². The number of thiophene rings is 1. The molecular weight excluding hydrogens is 510 g/mol. The molecule has 0 aliphatic rings. The van der Waals surface area contributed by atoms with Crippen LogP contribution in [0.3, 0.4) is 0 Å². The summed E-state index contributed by atoms with van der Waals surface area (Å²) in [6.07, 6.45) is 0. The molecule has 1 amide bonds. The molecule has 0 bridgehead atoms. The minimum atomic E-state index is -0.207. The van der Waals surface area contributed by atoms with Crippen LogP contribution < -0.4 is 10.9 Å². The molecule has 0 radical (unpaired) electrons. The molecule has 1 N–H and O–H groups in total. The zero-order chi connectivity index (χ0) is 25.2. The monoisotopic (exact) mass is 531 g/mol. The molecule has 5 rings (SSSR count). The zero-order valence-corrected chi connectivity index (χ0v) is 22.0. The molecule has 5 aromatic rings. The van der Waals surface area contributed by atoms with Crippen molar-refractivity contribution in [2.45, 2.75) is 19.0 Å². The fourth-order valence-electron chi connectivity index (χ4n) is 3.99. The van der Waals surface area contributed by atoms with E-state index in [0.717, 1.165) is 21.6 Å². The molecule has 5 nitrogen and oxygen atoms in total. The van der Waals surface area contributed by atoms with Crippen LogP contribution in [0.15, 0.2) is 88.8 Å². The number of rotatable bonds is 6. The third-order valence-electron chi connectivity index (χ3n) is 5.74. The van der Waals surface area contributed by atoms with Crippen molar-refractivity contribution in [2.75, 3.05) is 11.1 Å². The fraction of sp³-hybridized carbons (Fsp3) is 0.107. The Kier molecular flexibility index (Phi) is 6.96. The van der Waals surface area contributed by atoms with Gasteiger partial charge in [-0.2, -0.15) is 0 Å². The van der Waals surface area contributed by atoms with Crippen molar-refractivity contribution < 1.29 is 4.79 Å². The SMILES string of the molecule is Cc1ccc(NC(=O)CSc2nc3sc(C)c(-c4ccccc4)c3c(=O)n2-c2ccccc2)cc1Cl. The highest BCUT2D eigenvalue weighted by molar-refractivity contribution is 7.99. The van der Waals surface area contributed by atoms with Gasteiger partial charge < -0.3 is 5.32 Å². The Bertz CT molecular complexity index is 1630. The van der Waals surface area contributed by atoms with E-state index in [1.165, 1.54) is 23.1 Å². The summed E-state index contributed by atoms with van der Waals surface area (Å²) < 4.78 is 1.60. The standard InChI is InChI=1S/C28H22ClN3O2S2/c1-17-13-14-20(15-22(17)29)30-23(33)16-35-28-31-26-25(27(34)32(28)21-11-7-4-8-12-21)24(18(2)36-26)19-9-5-3-6-10-19/h3-15H,16H2,1-2H3,(H,30,33). The zero-order valence-electron chi connectivity index (χ0n) is 19.6. The summed E-state index contributed by atoms with van der Waals surface area (Å²) in [4.78, 5) is 33.3. The van der Waals surface area contributed by atoms with Gasteiger partial charge in [0.1, 0.15) is 4.83 Å². The van der Waals surface area contributed by atoms with E-state index < -0.39 is 0 Å². The van der Waals surface area contributed by atoms with Crippen molar-refractivity contribution in [3.05, 3.63) is 105 Å². The summed E-state index contributed by atoms with van der Waals surface area (Å²) in [6, 6.07) is 24.7. The van der Waals surface area contributed by atoms with Gasteiger partial charge in [-0.3, -0.25) is 14.2 Å². The lowest BCUT2D eigenvalue weighted by molar-refractivity contribution is -0.113. The number of aromatic nitrogens is 2. The number of hydrogen-bond donors (Lipinski definition) is 1. The van der Waals surface area contributed by atoms with E-state index in [0.29, 0.717) is 31.8 Å². The number of carbonyl (C=O) groups excluding carboxylic acids is 1. The molecule has 3 aromatic carbocycles. The third-order valence-corrected chi connectivity index (χ3v) is 8.08. The smallest absolute Gasteiger partial charge is 0.268 e. The van der Waals surface area contributed by atoms with Gasteiger partial charge in [0, 0.05) is 21.2 Å². The number of amides is 1. The van der Waals surface area contributed by atoms with Crippen LogP contribution in [0.25, 0.3) is 27.0 Å². The fourth-order valence-corrected chi connectivity index (χ4v) is 6.07. The van der Waals surface area contributed by atoms with Crippen LogP contribution in [0.4, 0.5) is 5.69 Å². The number of thioether (sulfide) groups is 1. The van der Waals surface area contributed by atoms with Crippen molar-refractivity contribution >= 4 is 56.5 Å². The summed E-state index contributed by atoms with van der Waals surface area (Å²) >= 11 is 8.91. The normalized spacial score (nSPS) is 11.1. The minimum Gasteiger partial charge on any atom is -0.325 e. The Balaban J connectivity index is 1.55. The highest BCUT2D eigenvalue weighted by atomic mass is 35.5. The van der Waals surface area contributed by atoms with Crippen molar-refractivity contribution in [2.24, 2.45) is 0 Å². The molecule has 0 saturated carbocycles. The van der Waals surface area contributed by atoms with Gasteiger partial charge >= 0.3 is 0 Å². The number of para-hydroxylation sites is 1. The van der Waals surface area contributed by atoms with Crippen LogP contribution >= 0.6 is 34.7 Å². The number of fused-ring (bicyclic) bond motifs is 1. The van der Waals surface area contributed by atoms with E-state index in [1.54, 1.807) is 10.6 Å². The Hall–Kier alpha value is -3.39. The number of hydrogen-bond acceptors (Lipinski definition) is 5. The quantitative estimate of drug-likeness (QED) is 0.187. The van der Waals surface area contributed by atoms with Gasteiger partial charge in [0.2, 0.25) is 5.91 Å². The van der Waals surface area contributed by atoms with Crippen LogP contribution in [0.2, 0.25) is 5.02 Å². The van der Waals surface area contributed by atoms with Crippen LogP contribution in [0.1, 0.15) is 10.4 Å². The Morgan fingerprint density at radius 3 is 2.42 bits per heavy atom. The summed E-state index contributed by atoms with van der Waals surface area (Å²) in [7, 11) is 0. The maximum atomic E-state index is 14.0. The van der Waals surface area contributed by atoms with Crippen LogP contribution in [-0.4, -0.2) is 21.2 Å². The van der Waals surface area contributed by atoms with Crippen molar-refractivity contribution in [3.8, 4) is 16.8 Å². The number of halogens is 1. The van der Waals surface area contributed by atoms with E-state index in [-0.39, 0.29) is 17.2 Å². The van der Waals surface area contributed by atoms with Crippen molar-refractivity contribution in [1.29, 1.82) is 0 Å². The highest BCUT2D eigenvalue weighted by Gasteiger charge is 2.21. The van der Waals surface area contributed by atoms with Crippen LogP contribution in [0.5, 0.6) is 0 Å². The molecule has 0 saturated heterocycles. The largest absolute Gasteiger partial charge is 0.325 e. The first-order chi connectivity index (χ1) is 17.4. The predicted molar refractivity (Wildman–Crippen MR) is 151 cm³/mol. The first kappa shape index (κ1) is 24.3. The maximum Gasteiger partial charge on any atom is 0.268 e. The van der Waals surface area contributed by atoms with Gasteiger partial charge in [-0.1, -0.05) is 78.0 Å². The van der Waals surface area contributed by atoms with E-state index in [9.17, 15) is 9.59 Å². The molecule has 2 aromatic heterocycles. The number of nitrogens with one attached hydrogen (secondary N) is 1. The number of carbonyl (C=O) groups is 1. The van der Waals surface area contributed by atoms with E-state index in [1.807, 2.05) is 86.6 Å². The summed E-state index contributed by atoms with van der Waals surface area (Å²) in [6.45, 7) is 3.91. The molecule has 0 fully saturated rings. The second-order valence-electron chi connectivity index (χ2n) is 8.25. The van der Waals surface area contributed by atoms with Crippen molar-refractivity contribution in [3.63, 3.8) is 0 Å². The van der Waals surface area contributed by atoms with Gasteiger partial charge in [0.25, 0.3) is 5.56 Å². The van der Waals surface area contributed by atoms with E-state index in [2.05, 4.69) is 5.32 Å². The third kappa shape index (κ3) is 4.82. The average molecular weight is 532 g/mol. The molecule has 8 heteroatoms. The molecule has 0 atom stereocenters. The highest BCUT2D eigenvalue weighted by Crippen LogP contribution is 2.37. The van der Waals surface area contributed by atoms with Crippen LogP contribution in [0, 0.1) is 13.8 Å². The molecule has 0 spiro atoms. The van der Waals surface area contributed by atoms with E-state index in [4.69, 9.17) is 16.6 Å². The summed E-state index contributed by atoms with van der Waals surface area (Å²) in [5.74, 6) is -0.118. The Morgan fingerprint density at radius 1 is 1.03 bits per heavy atom. The number of anilines is 1. The number of benzene rings is 3. The van der Waals surface area contributed by atoms with Crippen LogP contribution in [-0.2, 0) is 4.79 Å².